The van der Waals surface area contributed by atoms with Gasteiger partial charge < -0.3 is 10.6 Å². The molecule has 0 aliphatic carbocycles. The highest BCUT2D eigenvalue weighted by Gasteiger charge is 2.30. The number of thiophene rings is 1. The first kappa shape index (κ1) is 10.6. The maximum Gasteiger partial charge on any atom is 0.237 e. The van der Waals surface area contributed by atoms with E-state index in [9.17, 15) is 4.79 Å². The molecule has 3 nitrogen and oxygen atoms in total. The predicted octanol–water partition coefficient (Wildman–Crippen LogP) is 1.46. The van der Waals surface area contributed by atoms with Crippen molar-refractivity contribution in [3.05, 3.63) is 22.4 Å². The third kappa shape index (κ3) is 2.21. The summed E-state index contributed by atoms with van der Waals surface area (Å²) in [4.78, 5) is 13.0. The van der Waals surface area contributed by atoms with Gasteiger partial charge in [0.2, 0.25) is 5.91 Å². The molecule has 0 aromatic carbocycles. The molecule has 1 fully saturated rings. The molecule has 1 aliphatic rings. The summed E-state index contributed by atoms with van der Waals surface area (Å²) in [5.41, 5.74) is -0.261. The molecule has 0 spiro atoms. The second-order valence-electron chi connectivity index (χ2n) is 4.39. The smallest absolute Gasteiger partial charge is 0.237 e. The number of carbonyl (C=O) groups is 1. The molecule has 2 N–H and O–H groups in total. The topological polar surface area (TPSA) is 41.1 Å². The number of nitrogens with one attached hydrogen (secondary N) is 2. The van der Waals surface area contributed by atoms with E-state index in [1.807, 2.05) is 25.3 Å². The average Bonchev–Trinajstić information content (AvgIpc) is 2.49. The minimum Gasteiger partial charge on any atom is -0.345 e. The standard InChI is InChI=1S/C11H16N2OS/c1-11(2,9-4-3-7-15-9)13-10(14)8-5-6-12-8/h3-4,7-8,12H,5-6H2,1-2H3,(H,13,14)/t8-/m1/s1. The summed E-state index contributed by atoms with van der Waals surface area (Å²) in [7, 11) is 0. The van der Waals surface area contributed by atoms with Crippen molar-refractivity contribution in [2.75, 3.05) is 6.54 Å². The quantitative estimate of drug-likeness (QED) is 0.816. The van der Waals surface area contributed by atoms with Crippen LogP contribution in [0.25, 0.3) is 0 Å². The summed E-state index contributed by atoms with van der Waals surface area (Å²) in [5, 5.41) is 8.21. The molecule has 1 atom stereocenters. The van der Waals surface area contributed by atoms with E-state index in [0.29, 0.717) is 0 Å². The molecule has 0 saturated carbocycles. The molecule has 82 valence electrons. The Hall–Kier alpha value is -0.870. The highest BCUT2D eigenvalue weighted by molar-refractivity contribution is 7.10. The zero-order valence-electron chi connectivity index (χ0n) is 9.04. The molecule has 1 saturated heterocycles. The second kappa shape index (κ2) is 3.94. The summed E-state index contributed by atoms with van der Waals surface area (Å²) in [6, 6.07) is 4.08. The summed E-state index contributed by atoms with van der Waals surface area (Å²) in [6.45, 7) is 5.03. The molecule has 4 heteroatoms. The van der Waals surface area contributed by atoms with Crippen molar-refractivity contribution in [1.29, 1.82) is 0 Å². The third-order valence-electron chi connectivity index (χ3n) is 2.71. The monoisotopic (exact) mass is 224 g/mol. The van der Waals surface area contributed by atoms with Gasteiger partial charge in [0.15, 0.2) is 0 Å². The van der Waals surface area contributed by atoms with Crippen molar-refractivity contribution in [1.82, 2.24) is 10.6 Å². The highest BCUT2D eigenvalue weighted by Crippen LogP contribution is 2.25. The van der Waals surface area contributed by atoms with Gasteiger partial charge in [-0.3, -0.25) is 4.79 Å². The van der Waals surface area contributed by atoms with Crippen molar-refractivity contribution in [3.8, 4) is 0 Å². The van der Waals surface area contributed by atoms with Gasteiger partial charge in [0.1, 0.15) is 0 Å². The van der Waals surface area contributed by atoms with Crippen LogP contribution in [0.2, 0.25) is 0 Å². The molecule has 2 heterocycles. The Labute approximate surface area is 93.9 Å². The second-order valence-corrected chi connectivity index (χ2v) is 5.33. The van der Waals surface area contributed by atoms with Crippen LogP contribution in [-0.4, -0.2) is 18.5 Å². The number of hydrogen-bond acceptors (Lipinski definition) is 3. The highest BCUT2D eigenvalue weighted by atomic mass is 32.1. The van der Waals surface area contributed by atoms with Crippen LogP contribution in [0.3, 0.4) is 0 Å². The summed E-state index contributed by atoms with van der Waals surface area (Å²) in [6.07, 6.45) is 0.951. The lowest BCUT2D eigenvalue weighted by Gasteiger charge is -2.32. The number of carbonyl (C=O) groups excluding carboxylic acids is 1. The van der Waals surface area contributed by atoms with E-state index in [0.717, 1.165) is 13.0 Å². The molecule has 0 bridgehead atoms. The van der Waals surface area contributed by atoms with Gasteiger partial charge in [-0.1, -0.05) is 6.07 Å². The van der Waals surface area contributed by atoms with E-state index in [1.54, 1.807) is 11.3 Å². The first-order chi connectivity index (χ1) is 7.09. The normalized spacial score (nSPS) is 20.8. The predicted molar refractivity (Wildman–Crippen MR) is 61.9 cm³/mol. The van der Waals surface area contributed by atoms with Crippen LogP contribution in [-0.2, 0) is 10.3 Å². The zero-order valence-corrected chi connectivity index (χ0v) is 9.86. The van der Waals surface area contributed by atoms with Crippen molar-refractivity contribution in [2.45, 2.75) is 31.8 Å². The molecule has 1 aliphatic heterocycles. The Kier molecular flexibility index (Phi) is 2.80. The fourth-order valence-corrected chi connectivity index (χ4v) is 2.41. The molecule has 15 heavy (non-hydrogen) atoms. The van der Waals surface area contributed by atoms with Gasteiger partial charge in [0.25, 0.3) is 0 Å². The maximum absolute atomic E-state index is 11.8. The zero-order chi connectivity index (χ0) is 10.9. The van der Waals surface area contributed by atoms with Gasteiger partial charge in [0, 0.05) is 4.88 Å². The van der Waals surface area contributed by atoms with Crippen LogP contribution in [0.1, 0.15) is 25.1 Å². The van der Waals surface area contributed by atoms with Crippen LogP contribution >= 0.6 is 11.3 Å². The van der Waals surface area contributed by atoms with Gasteiger partial charge in [0.05, 0.1) is 11.6 Å². The lowest BCUT2D eigenvalue weighted by molar-refractivity contribution is -0.126. The fraction of sp³-hybridized carbons (Fsp3) is 0.545. The van der Waals surface area contributed by atoms with Crippen molar-refractivity contribution in [3.63, 3.8) is 0 Å². The van der Waals surface area contributed by atoms with Crippen molar-refractivity contribution in [2.24, 2.45) is 0 Å². The first-order valence-corrected chi connectivity index (χ1v) is 6.07. The van der Waals surface area contributed by atoms with Gasteiger partial charge >= 0.3 is 0 Å². The number of rotatable bonds is 3. The SMILES string of the molecule is CC(C)(NC(=O)[C@H]1CCN1)c1cccs1. The van der Waals surface area contributed by atoms with Gasteiger partial charge in [-0.15, -0.1) is 11.3 Å². The Balaban J connectivity index is 2.00. The first-order valence-electron chi connectivity index (χ1n) is 5.19. The third-order valence-corrected chi connectivity index (χ3v) is 3.91. The van der Waals surface area contributed by atoms with Crippen LogP contribution in [0.4, 0.5) is 0 Å². The van der Waals surface area contributed by atoms with Crippen molar-refractivity contribution < 1.29 is 4.79 Å². The molecule has 1 aromatic heterocycles. The fourth-order valence-electron chi connectivity index (χ4n) is 1.60. The largest absolute Gasteiger partial charge is 0.345 e. The van der Waals surface area contributed by atoms with Crippen molar-refractivity contribution >= 4 is 17.2 Å². The molecular weight excluding hydrogens is 208 g/mol. The minimum absolute atomic E-state index is 0.0178. The molecule has 1 amide bonds. The van der Waals surface area contributed by atoms with E-state index >= 15 is 0 Å². The Morgan fingerprint density at radius 1 is 1.67 bits per heavy atom. The Morgan fingerprint density at radius 2 is 2.40 bits per heavy atom. The lowest BCUT2D eigenvalue weighted by atomic mass is 10.0. The molecular formula is C11H16N2OS. The maximum atomic E-state index is 11.8. The van der Waals surface area contributed by atoms with E-state index in [2.05, 4.69) is 16.7 Å². The number of hydrogen-bond donors (Lipinski definition) is 2. The van der Waals surface area contributed by atoms with Crippen LogP contribution in [0, 0.1) is 0 Å². The van der Waals surface area contributed by atoms with E-state index in [1.165, 1.54) is 4.88 Å². The van der Waals surface area contributed by atoms with E-state index in [-0.39, 0.29) is 17.5 Å². The molecule has 1 aromatic rings. The van der Waals surface area contributed by atoms with Gasteiger partial charge in [-0.2, -0.15) is 0 Å². The van der Waals surface area contributed by atoms with Gasteiger partial charge in [-0.25, -0.2) is 0 Å². The summed E-state index contributed by atoms with van der Waals surface area (Å²) in [5.74, 6) is 0.111. The summed E-state index contributed by atoms with van der Waals surface area (Å²) < 4.78 is 0. The number of amides is 1. The van der Waals surface area contributed by atoms with E-state index < -0.39 is 0 Å². The van der Waals surface area contributed by atoms with Crippen LogP contribution in [0.5, 0.6) is 0 Å². The Bertz CT molecular complexity index is 341. The minimum atomic E-state index is -0.261. The van der Waals surface area contributed by atoms with Crippen LogP contribution in [0.15, 0.2) is 17.5 Å². The summed E-state index contributed by atoms with van der Waals surface area (Å²) >= 11 is 1.67. The van der Waals surface area contributed by atoms with Crippen LogP contribution < -0.4 is 10.6 Å². The molecule has 0 unspecified atom stereocenters. The Morgan fingerprint density at radius 3 is 2.87 bits per heavy atom. The molecule has 0 radical (unpaired) electrons. The lowest BCUT2D eigenvalue weighted by Crippen LogP contribution is -2.56. The molecule has 2 rings (SSSR count). The van der Waals surface area contributed by atoms with E-state index in [4.69, 9.17) is 0 Å². The average molecular weight is 224 g/mol. The van der Waals surface area contributed by atoms with Gasteiger partial charge in [-0.05, 0) is 38.3 Å².